The highest BCUT2D eigenvalue weighted by molar-refractivity contribution is 5.70. The molecular weight excluding hydrogens is 252 g/mol. The number of hydrogen-bond acceptors (Lipinski definition) is 4. The predicted octanol–water partition coefficient (Wildman–Crippen LogP) is 2.83. The summed E-state index contributed by atoms with van der Waals surface area (Å²) in [5.74, 6) is 0.764. The summed E-state index contributed by atoms with van der Waals surface area (Å²) in [6.45, 7) is -0.0716. The molecule has 102 valence electrons. The maximum absolute atomic E-state index is 9.25. The summed E-state index contributed by atoms with van der Waals surface area (Å²) in [6.07, 6.45) is 0. The number of anilines is 2. The highest BCUT2D eigenvalue weighted by atomic mass is 16.5. The maximum atomic E-state index is 9.25. The van der Waals surface area contributed by atoms with Gasteiger partial charge in [0.25, 0.3) is 0 Å². The van der Waals surface area contributed by atoms with Gasteiger partial charge in [-0.15, -0.1) is 0 Å². The van der Waals surface area contributed by atoms with Crippen LogP contribution in [-0.2, 0) is 6.61 Å². The molecule has 0 amide bonds. The number of methoxy groups -OCH3 is 1. The van der Waals surface area contributed by atoms with E-state index in [1.807, 2.05) is 48.3 Å². The van der Waals surface area contributed by atoms with Gasteiger partial charge in [0.2, 0.25) is 0 Å². The first-order chi connectivity index (χ1) is 9.69. The number of benzene rings is 2. The molecule has 0 atom stereocenters. The van der Waals surface area contributed by atoms with Crippen LogP contribution in [0.3, 0.4) is 0 Å². The molecule has 0 aromatic heterocycles. The van der Waals surface area contributed by atoms with Crippen LogP contribution in [0.2, 0.25) is 0 Å². The molecule has 2 aromatic carbocycles. The maximum Gasteiger partial charge on any atom is 0.120 e. The van der Waals surface area contributed by atoms with Crippen molar-refractivity contribution in [3.05, 3.63) is 53.6 Å². The van der Waals surface area contributed by atoms with E-state index in [0.717, 1.165) is 22.7 Å². The Bertz CT molecular complexity index is 647. The second-order valence-corrected chi connectivity index (χ2v) is 4.38. The molecule has 0 radical (unpaired) electrons. The van der Waals surface area contributed by atoms with Gasteiger partial charge in [0.1, 0.15) is 11.8 Å². The minimum absolute atomic E-state index is 0.0716. The lowest BCUT2D eigenvalue weighted by molar-refractivity contribution is 0.282. The van der Waals surface area contributed by atoms with E-state index in [2.05, 4.69) is 6.07 Å². The van der Waals surface area contributed by atoms with Crippen molar-refractivity contribution < 1.29 is 9.84 Å². The lowest BCUT2D eigenvalue weighted by Crippen LogP contribution is -2.11. The topological polar surface area (TPSA) is 56.5 Å². The van der Waals surface area contributed by atoms with E-state index in [1.54, 1.807) is 13.2 Å². The smallest absolute Gasteiger partial charge is 0.120 e. The number of ether oxygens (including phenoxy) is 1. The average Bonchev–Trinajstić information content (AvgIpc) is 2.53. The van der Waals surface area contributed by atoms with Gasteiger partial charge in [0.15, 0.2) is 0 Å². The molecule has 0 spiro atoms. The van der Waals surface area contributed by atoms with E-state index < -0.39 is 0 Å². The van der Waals surface area contributed by atoms with Gasteiger partial charge in [0, 0.05) is 18.8 Å². The molecule has 4 heteroatoms. The first-order valence-corrected chi connectivity index (χ1v) is 6.21. The summed E-state index contributed by atoms with van der Waals surface area (Å²) in [6, 6.07) is 15.1. The molecule has 0 unspecified atom stereocenters. The van der Waals surface area contributed by atoms with Crippen molar-refractivity contribution >= 4 is 11.4 Å². The van der Waals surface area contributed by atoms with Gasteiger partial charge in [-0.25, -0.2) is 0 Å². The van der Waals surface area contributed by atoms with Crippen molar-refractivity contribution in [1.29, 1.82) is 5.26 Å². The Kier molecular flexibility index (Phi) is 4.24. The van der Waals surface area contributed by atoms with Crippen LogP contribution in [-0.4, -0.2) is 19.3 Å². The van der Waals surface area contributed by atoms with Crippen LogP contribution in [0.4, 0.5) is 11.4 Å². The molecule has 0 saturated heterocycles. The van der Waals surface area contributed by atoms with E-state index in [4.69, 9.17) is 9.84 Å². The SMILES string of the molecule is COc1cccc(N(C)c2ccc(CO)cc2C#N)c1. The van der Waals surface area contributed by atoms with Gasteiger partial charge in [-0.05, 0) is 29.8 Å². The zero-order valence-corrected chi connectivity index (χ0v) is 11.5. The normalized spacial score (nSPS) is 9.90. The van der Waals surface area contributed by atoms with Crippen LogP contribution < -0.4 is 9.64 Å². The molecule has 0 fully saturated rings. The number of hydrogen-bond donors (Lipinski definition) is 1. The molecular formula is C16H16N2O2. The summed E-state index contributed by atoms with van der Waals surface area (Å²) in [5.41, 5.74) is 2.97. The van der Waals surface area contributed by atoms with Crippen molar-refractivity contribution in [2.75, 3.05) is 19.1 Å². The van der Waals surface area contributed by atoms with Gasteiger partial charge >= 0.3 is 0 Å². The molecule has 0 heterocycles. The Morgan fingerprint density at radius 1 is 1.25 bits per heavy atom. The Labute approximate surface area is 118 Å². The highest BCUT2D eigenvalue weighted by Crippen LogP contribution is 2.29. The van der Waals surface area contributed by atoms with Gasteiger partial charge in [-0.1, -0.05) is 12.1 Å². The van der Waals surface area contributed by atoms with Gasteiger partial charge in [-0.3, -0.25) is 0 Å². The van der Waals surface area contributed by atoms with Crippen molar-refractivity contribution in [3.63, 3.8) is 0 Å². The predicted molar refractivity (Wildman–Crippen MR) is 78.1 cm³/mol. The Morgan fingerprint density at radius 3 is 2.70 bits per heavy atom. The first-order valence-electron chi connectivity index (χ1n) is 6.21. The van der Waals surface area contributed by atoms with Crippen LogP contribution in [0.15, 0.2) is 42.5 Å². The van der Waals surface area contributed by atoms with Gasteiger partial charge < -0.3 is 14.7 Å². The summed E-state index contributed by atoms with van der Waals surface area (Å²) in [7, 11) is 3.51. The second kappa shape index (κ2) is 6.09. The highest BCUT2D eigenvalue weighted by Gasteiger charge is 2.10. The molecule has 0 aliphatic carbocycles. The number of nitrogens with zero attached hydrogens (tertiary/aromatic N) is 2. The number of nitriles is 1. The van der Waals surface area contributed by atoms with Crippen LogP contribution >= 0.6 is 0 Å². The monoisotopic (exact) mass is 268 g/mol. The van der Waals surface area contributed by atoms with Crippen molar-refractivity contribution in [1.82, 2.24) is 0 Å². The molecule has 0 saturated carbocycles. The van der Waals surface area contributed by atoms with E-state index in [1.165, 1.54) is 0 Å². The number of aliphatic hydroxyl groups is 1. The lowest BCUT2D eigenvalue weighted by atomic mass is 10.1. The quantitative estimate of drug-likeness (QED) is 0.926. The zero-order chi connectivity index (χ0) is 14.5. The molecule has 0 aliphatic heterocycles. The standard InChI is InChI=1S/C16H16N2O2/c1-18(14-4-3-5-15(9-14)20-2)16-7-6-12(11-19)8-13(16)10-17/h3-9,19H,11H2,1-2H3. The fraction of sp³-hybridized carbons (Fsp3) is 0.188. The van der Waals surface area contributed by atoms with Gasteiger partial charge in [0.05, 0.1) is 25.0 Å². The largest absolute Gasteiger partial charge is 0.497 e. The minimum Gasteiger partial charge on any atom is -0.497 e. The second-order valence-electron chi connectivity index (χ2n) is 4.38. The molecule has 4 nitrogen and oxygen atoms in total. The van der Waals surface area contributed by atoms with E-state index in [-0.39, 0.29) is 6.61 Å². The van der Waals surface area contributed by atoms with Gasteiger partial charge in [-0.2, -0.15) is 5.26 Å². The molecule has 0 bridgehead atoms. The minimum atomic E-state index is -0.0716. The van der Waals surface area contributed by atoms with Crippen LogP contribution in [0.1, 0.15) is 11.1 Å². The Hall–Kier alpha value is -2.51. The van der Waals surface area contributed by atoms with Crippen molar-refractivity contribution in [3.8, 4) is 11.8 Å². The average molecular weight is 268 g/mol. The summed E-state index contributed by atoms with van der Waals surface area (Å²) < 4.78 is 5.21. The van der Waals surface area contributed by atoms with E-state index in [9.17, 15) is 5.26 Å². The zero-order valence-electron chi connectivity index (χ0n) is 11.5. The van der Waals surface area contributed by atoms with Crippen molar-refractivity contribution in [2.24, 2.45) is 0 Å². The van der Waals surface area contributed by atoms with E-state index >= 15 is 0 Å². The third-order valence-corrected chi connectivity index (χ3v) is 3.17. The Morgan fingerprint density at radius 2 is 2.05 bits per heavy atom. The number of rotatable bonds is 4. The molecule has 2 aromatic rings. The van der Waals surface area contributed by atoms with E-state index in [0.29, 0.717) is 5.56 Å². The number of aliphatic hydroxyl groups excluding tert-OH is 1. The third-order valence-electron chi connectivity index (χ3n) is 3.17. The Balaban J connectivity index is 2.42. The van der Waals surface area contributed by atoms with Crippen molar-refractivity contribution in [2.45, 2.75) is 6.61 Å². The third kappa shape index (κ3) is 2.73. The summed E-state index contributed by atoms with van der Waals surface area (Å²) >= 11 is 0. The van der Waals surface area contributed by atoms with Crippen LogP contribution in [0.25, 0.3) is 0 Å². The molecule has 1 N–H and O–H groups in total. The van der Waals surface area contributed by atoms with Crippen LogP contribution in [0, 0.1) is 11.3 Å². The fourth-order valence-corrected chi connectivity index (χ4v) is 2.02. The van der Waals surface area contributed by atoms with Crippen LogP contribution in [0.5, 0.6) is 5.75 Å². The fourth-order valence-electron chi connectivity index (χ4n) is 2.02. The molecule has 0 aliphatic rings. The molecule has 2 rings (SSSR count). The summed E-state index contributed by atoms with van der Waals surface area (Å²) in [5, 5.41) is 18.4. The lowest BCUT2D eigenvalue weighted by Gasteiger charge is -2.21. The summed E-state index contributed by atoms with van der Waals surface area (Å²) in [4.78, 5) is 1.92. The molecule has 20 heavy (non-hydrogen) atoms. The first kappa shape index (κ1) is 13.9.